The Morgan fingerprint density at radius 3 is 2.20 bits per heavy atom. The molecule has 200 valence electrons. The molecule has 0 bridgehead atoms. The van der Waals surface area contributed by atoms with Crippen molar-refractivity contribution < 1.29 is 23.7 Å². The van der Waals surface area contributed by atoms with Gasteiger partial charge in [-0.1, -0.05) is 78.9 Å². The molecule has 2 heterocycles. The van der Waals surface area contributed by atoms with Gasteiger partial charge < -0.3 is 4.90 Å². The molecule has 1 aliphatic carbocycles. The van der Waals surface area contributed by atoms with Crippen molar-refractivity contribution in [2.45, 2.75) is 18.0 Å². The summed E-state index contributed by atoms with van der Waals surface area (Å²) in [6.07, 6.45) is 3.64. The average molecular weight is 545 g/mol. The summed E-state index contributed by atoms with van der Waals surface area (Å²) in [5.74, 6) is -2.81. The Balaban J connectivity index is 1.54. The molecule has 7 rings (SSSR count). The van der Waals surface area contributed by atoms with Crippen LogP contribution in [-0.2, 0) is 0 Å². The number of nitrogens with zero attached hydrogens (tertiary/aromatic N) is 2. The van der Waals surface area contributed by atoms with Crippen LogP contribution in [0.3, 0.4) is 0 Å². The third-order valence-electron chi connectivity index (χ3n) is 8.55. The van der Waals surface area contributed by atoms with Gasteiger partial charge >= 0.3 is 0 Å². The molecule has 0 unspecified atom stereocenters. The summed E-state index contributed by atoms with van der Waals surface area (Å²) in [6.45, 7) is 0. The molecule has 1 fully saturated rings. The predicted molar refractivity (Wildman–Crippen MR) is 150 cm³/mol. The molecule has 0 aromatic heterocycles. The first kappa shape index (κ1) is 24.8. The number of halogens is 1. The van der Waals surface area contributed by atoms with E-state index in [1.807, 2.05) is 35.2 Å². The summed E-state index contributed by atoms with van der Waals surface area (Å²) in [5.41, 5.74) is 0.556. The lowest BCUT2D eigenvalue weighted by atomic mass is 9.64. The Labute approximate surface area is 233 Å². The van der Waals surface area contributed by atoms with E-state index in [0.717, 1.165) is 5.56 Å². The molecular weight excluding hydrogens is 523 g/mol. The van der Waals surface area contributed by atoms with Crippen molar-refractivity contribution in [3.8, 4) is 0 Å². The fraction of sp³-hybridized carbons (Fsp3) is 0.121. The first-order valence-corrected chi connectivity index (χ1v) is 13.1. The highest BCUT2D eigenvalue weighted by Gasteiger charge is 2.71. The normalized spacial score (nSPS) is 21.5. The number of carbonyl (C=O) groups is 3. The molecule has 7 nitrogen and oxygen atoms in total. The van der Waals surface area contributed by atoms with Gasteiger partial charge in [-0.3, -0.25) is 24.5 Å². The van der Waals surface area contributed by atoms with Crippen molar-refractivity contribution in [3.05, 3.63) is 147 Å². The number of hydrogen-bond acceptors (Lipinski definition) is 6. The monoisotopic (exact) mass is 544 g/mol. The fourth-order valence-electron chi connectivity index (χ4n) is 6.90. The number of hydrogen-bond donors (Lipinski definition) is 0. The lowest BCUT2D eigenvalue weighted by molar-refractivity contribution is -0.384. The molecule has 4 aromatic carbocycles. The molecule has 3 atom stereocenters. The second-order valence-corrected chi connectivity index (χ2v) is 10.5. The zero-order valence-corrected chi connectivity index (χ0v) is 21.4. The van der Waals surface area contributed by atoms with Gasteiger partial charge in [0, 0.05) is 40.4 Å². The van der Waals surface area contributed by atoms with E-state index in [9.17, 15) is 28.9 Å². The van der Waals surface area contributed by atoms with Crippen LogP contribution >= 0.6 is 0 Å². The Morgan fingerprint density at radius 2 is 1.51 bits per heavy atom. The molecule has 3 aliphatic rings. The largest absolute Gasteiger partial charge is 0.352 e. The van der Waals surface area contributed by atoms with Crippen molar-refractivity contribution in [3.63, 3.8) is 0 Å². The zero-order chi connectivity index (χ0) is 28.5. The highest BCUT2D eigenvalue weighted by molar-refractivity contribution is 6.32. The predicted octanol–water partition coefficient (Wildman–Crippen LogP) is 6.05. The zero-order valence-electron chi connectivity index (χ0n) is 21.4. The maximum absolute atomic E-state index is 14.6. The molecule has 0 saturated carbocycles. The van der Waals surface area contributed by atoms with Crippen LogP contribution in [0.4, 0.5) is 15.8 Å². The van der Waals surface area contributed by atoms with E-state index < -0.39 is 51.5 Å². The van der Waals surface area contributed by atoms with Gasteiger partial charge in [0.1, 0.15) is 17.3 Å². The molecule has 1 saturated heterocycles. The lowest BCUT2D eigenvalue weighted by Crippen LogP contribution is -2.48. The molecular formula is C33H21FN2O5. The lowest BCUT2D eigenvalue weighted by Gasteiger charge is -2.37. The molecule has 1 spiro atoms. The number of anilines is 1. The highest BCUT2D eigenvalue weighted by Crippen LogP contribution is 2.61. The number of carbonyl (C=O) groups excluding carboxylic acids is 3. The van der Waals surface area contributed by atoms with Crippen LogP contribution in [0.25, 0.3) is 6.08 Å². The molecule has 0 radical (unpaired) electrons. The quantitative estimate of drug-likeness (QED) is 0.134. The van der Waals surface area contributed by atoms with E-state index in [0.29, 0.717) is 11.3 Å². The summed E-state index contributed by atoms with van der Waals surface area (Å²) in [5, 5.41) is 11.6. The molecule has 0 amide bonds. The van der Waals surface area contributed by atoms with Crippen molar-refractivity contribution in [2.75, 3.05) is 4.90 Å². The molecule has 2 aliphatic heterocycles. The van der Waals surface area contributed by atoms with Crippen LogP contribution in [0.5, 0.6) is 0 Å². The minimum atomic E-state index is -1.73. The number of nitro groups is 1. The van der Waals surface area contributed by atoms with Crippen LogP contribution in [0, 0.1) is 21.3 Å². The van der Waals surface area contributed by atoms with Gasteiger partial charge in [0.15, 0.2) is 17.3 Å². The van der Waals surface area contributed by atoms with Crippen LogP contribution in [0.15, 0.2) is 103 Å². The number of nitro benzene ring substituents is 1. The Hall–Kier alpha value is -5.24. The van der Waals surface area contributed by atoms with E-state index in [-0.39, 0.29) is 22.4 Å². The summed E-state index contributed by atoms with van der Waals surface area (Å²) in [4.78, 5) is 56.5. The molecule has 0 N–H and O–H groups in total. The number of para-hydroxylation sites is 1. The SMILES string of the molecule is O=C(c1cccc([N+](=O)[O-])c1)[C@H]1[C@H](c2ccc(F)cc2)C2(C(=O)c3ccccc3C2=O)[C@@H]2C=Cc3ccccc3N21. The number of non-ortho nitro benzene ring substituents is 1. The van der Waals surface area contributed by atoms with Crippen LogP contribution in [0.2, 0.25) is 0 Å². The molecule has 4 aromatic rings. The number of ketones is 3. The van der Waals surface area contributed by atoms with Crippen LogP contribution < -0.4 is 4.90 Å². The summed E-state index contributed by atoms with van der Waals surface area (Å²) < 4.78 is 14.2. The van der Waals surface area contributed by atoms with Gasteiger partial charge in [0.25, 0.3) is 5.69 Å². The van der Waals surface area contributed by atoms with Crippen LogP contribution in [0.1, 0.15) is 48.1 Å². The topological polar surface area (TPSA) is 97.6 Å². The van der Waals surface area contributed by atoms with Gasteiger partial charge in [-0.2, -0.15) is 0 Å². The van der Waals surface area contributed by atoms with Gasteiger partial charge in [-0.25, -0.2) is 4.39 Å². The van der Waals surface area contributed by atoms with E-state index in [2.05, 4.69) is 0 Å². The summed E-state index contributed by atoms with van der Waals surface area (Å²) in [7, 11) is 0. The van der Waals surface area contributed by atoms with Crippen molar-refractivity contribution in [1.82, 2.24) is 0 Å². The Morgan fingerprint density at radius 1 is 0.854 bits per heavy atom. The average Bonchev–Trinajstić information content (AvgIpc) is 3.43. The van der Waals surface area contributed by atoms with E-state index in [1.165, 1.54) is 48.5 Å². The minimum Gasteiger partial charge on any atom is -0.352 e. The Bertz CT molecular complexity index is 1790. The van der Waals surface area contributed by atoms with Gasteiger partial charge in [0.2, 0.25) is 0 Å². The van der Waals surface area contributed by atoms with E-state index in [1.54, 1.807) is 30.3 Å². The first-order chi connectivity index (χ1) is 19.8. The highest BCUT2D eigenvalue weighted by atomic mass is 19.1. The number of Topliss-reactive ketones (excluding diaryl/α,β-unsaturated/α-hetero) is 3. The number of benzene rings is 4. The van der Waals surface area contributed by atoms with Gasteiger partial charge in [0.05, 0.1) is 11.0 Å². The van der Waals surface area contributed by atoms with Crippen molar-refractivity contribution in [1.29, 1.82) is 0 Å². The Kier molecular flexibility index (Phi) is 5.37. The van der Waals surface area contributed by atoms with Gasteiger partial charge in [-0.15, -0.1) is 0 Å². The molecule has 41 heavy (non-hydrogen) atoms. The number of rotatable bonds is 4. The smallest absolute Gasteiger partial charge is 0.270 e. The first-order valence-electron chi connectivity index (χ1n) is 13.1. The maximum atomic E-state index is 14.6. The van der Waals surface area contributed by atoms with E-state index >= 15 is 0 Å². The van der Waals surface area contributed by atoms with Crippen LogP contribution in [-0.4, -0.2) is 34.4 Å². The summed E-state index contributed by atoms with van der Waals surface area (Å²) in [6, 6.07) is 23.0. The maximum Gasteiger partial charge on any atom is 0.270 e. The standard InChI is InChI=1S/C33H21FN2O5/c34-22-15-12-20(13-16-22)28-29(30(37)21-7-5-8-23(18-21)36(40)41)35-26-11-4-1-6-19(26)14-17-27(35)33(28)31(38)24-9-2-3-10-25(24)32(33)39/h1-18,27-29H/t27-,28-,29+/m0/s1. The van der Waals surface area contributed by atoms with E-state index in [4.69, 9.17) is 0 Å². The third-order valence-corrected chi connectivity index (χ3v) is 8.55. The number of fused-ring (bicyclic) bond motifs is 5. The second-order valence-electron chi connectivity index (χ2n) is 10.5. The summed E-state index contributed by atoms with van der Waals surface area (Å²) >= 11 is 0. The second kappa shape index (κ2) is 8.89. The fourth-order valence-corrected chi connectivity index (χ4v) is 6.90. The third kappa shape index (κ3) is 3.34. The van der Waals surface area contributed by atoms with Gasteiger partial charge in [-0.05, 0) is 29.3 Å². The van der Waals surface area contributed by atoms with Crippen molar-refractivity contribution >= 4 is 34.8 Å². The van der Waals surface area contributed by atoms with Crippen molar-refractivity contribution in [2.24, 2.45) is 5.41 Å². The minimum absolute atomic E-state index is 0.0783. The molecule has 8 heteroatoms.